The highest BCUT2D eigenvalue weighted by atomic mass is 32.2. The first-order chi connectivity index (χ1) is 16.0. The third kappa shape index (κ3) is 4.99. The Morgan fingerprint density at radius 2 is 1.67 bits per heavy atom. The predicted molar refractivity (Wildman–Crippen MR) is 134 cm³/mol. The molecular formula is C26H21NO4S2. The maximum absolute atomic E-state index is 13.1. The van der Waals surface area contributed by atoms with Crippen molar-refractivity contribution in [1.82, 2.24) is 4.90 Å². The zero-order chi connectivity index (χ0) is 23.4. The summed E-state index contributed by atoms with van der Waals surface area (Å²) in [5, 5.41) is 0. The van der Waals surface area contributed by atoms with Gasteiger partial charge in [-0.2, -0.15) is 0 Å². The number of methoxy groups -OCH3 is 1. The van der Waals surface area contributed by atoms with E-state index in [1.165, 1.54) is 18.9 Å². The third-order valence-corrected chi connectivity index (χ3v) is 6.52. The van der Waals surface area contributed by atoms with Crippen LogP contribution in [0.15, 0.2) is 83.8 Å². The number of rotatable bonds is 6. The monoisotopic (exact) mass is 475 g/mol. The number of thiocarbonyl (C=S) groups is 1. The second kappa shape index (κ2) is 10.0. The number of hydrogen-bond donors (Lipinski definition) is 0. The number of carbonyl (C=O) groups is 2. The van der Waals surface area contributed by atoms with Gasteiger partial charge in [0.25, 0.3) is 5.91 Å². The molecule has 1 amide bonds. The van der Waals surface area contributed by atoms with Crippen LogP contribution in [0.25, 0.3) is 6.08 Å². The summed E-state index contributed by atoms with van der Waals surface area (Å²) in [5.74, 6) is 0.0761. The highest BCUT2D eigenvalue weighted by molar-refractivity contribution is 8.26. The highest BCUT2D eigenvalue weighted by Gasteiger charge is 2.35. The summed E-state index contributed by atoms with van der Waals surface area (Å²) in [5.41, 5.74) is 2.19. The van der Waals surface area contributed by atoms with Gasteiger partial charge in [-0.1, -0.05) is 78.6 Å². The molecular weight excluding hydrogens is 454 g/mol. The number of thioether (sulfide) groups is 1. The lowest BCUT2D eigenvalue weighted by molar-refractivity contribution is -0.123. The van der Waals surface area contributed by atoms with Crippen molar-refractivity contribution in [3.8, 4) is 11.5 Å². The van der Waals surface area contributed by atoms with Crippen molar-refractivity contribution in [2.24, 2.45) is 0 Å². The minimum absolute atomic E-state index is 0.139. The molecule has 1 atom stereocenters. The van der Waals surface area contributed by atoms with Crippen LogP contribution in [0.2, 0.25) is 0 Å². The zero-order valence-corrected chi connectivity index (χ0v) is 19.7. The van der Waals surface area contributed by atoms with Gasteiger partial charge in [0.05, 0.1) is 23.6 Å². The van der Waals surface area contributed by atoms with Crippen molar-refractivity contribution in [2.75, 3.05) is 7.11 Å². The topological polar surface area (TPSA) is 55.8 Å². The van der Waals surface area contributed by atoms with Gasteiger partial charge in [0.1, 0.15) is 4.32 Å². The third-order valence-electron chi connectivity index (χ3n) is 5.19. The van der Waals surface area contributed by atoms with E-state index >= 15 is 0 Å². The molecule has 0 aromatic heterocycles. The van der Waals surface area contributed by atoms with Crippen molar-refractivity contribution in [2.45, 2.75) is 13.0 Å². The maximum atomic E-state index is 13.1. The van der Waals surface area contributed by atoms with Crippen molar-refractivity contribution in [3.63, 3.8) is 0 Å². The van der Waals surface area contributed by atoms with Gasteiger partial charge in [0, 0.05) is 0 Å². The van der Waals surface area contributed by atoms with E-state index in [1.54, 1.807) is 53.4 Å². The Kier molecular flexibility index (Phi) is 6.91. The lowest BCUT2D eigenvalue weighted by Gasteiger charge is -2.23. The lowest BCUT2D eigenvalue weighted by atomic mass is 10.1. The van der Waals surface area contributed by atoms with Crippen molar-refractivity contribution in [1.29, 1.82) is 0 Å². The Morgan fingerprint density at radius 3 is 2.33 bits per heavy atom. The highest BCUT2D eigenvalue weighted by Crippen LogP contribution is 2.39. The fourth-order valence-corrected chi connectivity index (χ4v) is 4.86. The normalized spacial score (nSPS) is 15.6. The van der Waals surface area contributed by atoms with Crippen molar-refractivity contribution < 1.29 is 19.1 Å². The van der Waals surface area contributed by atoms with Gasteiger partial charge in [-0.3, -0.25) is 9.69 Å². The molecule has 4 rings (SSSR count). The number of esters is 1. The van der Waals surface area contributed by atoms with Gasteiger partial charge in [0.2, 0.25) is 0 Å². The molecule has 0 spiro atoms. The van der Waals surface area contributed by atoms with Crippen LogP contribution < -0.4 is 9.47 Å². The van der Waals surface area contributed by atoms with Crippen LogP contribution in [0, 0.1) is 0 Å². The molecule has 0 saturated carbocycles. The van der Waals surface area contributed by atoms with Gasteiger partial charge in [-0.05, 0) is 48.4 Å². The molecule has 1 aliphatic rings. The van der Waals surface area contributed by atoms with Gasteiger partial charge >= 0.3 is 5.97 Å². The average molecular weight is 476 g/mol. The second-order valence-corrected chi connectivity index (χ2v) is 8.98. The minimum atomic E-state index is -0.475. The number of ether oxygens (including phenoxy) is 2. The molecule has 0 radical (unpaired) electrons. The Labute approximate surface area is 202 Å². The Hall–Kier alpha value is -3.42. The van der Waals surface area contributed by atoms with Crippen LogP contribution >= 0.6 is 24.0 Å². The van der Waals surface area contributed by atoms with E-state index in [9.17, 15) is 9.59 Å². The molecule has 5 nitrogen and oxygen atoms in total. The van der Waals surface area contributed by atoms with Gasteiger partial charge in [0.15, 0.2) is 11.5 Å². The first-order valence-corrected chi connectivity index (χ1v) is 11.5. The van der Waals surface area contributed by atoms with E-state index in [1.807, 2.05) is 43.3 Å². The standard InChI is InChI=1S/C26H21NO4S2/c1-17(19-9-5-3-6-10-19)27-24(28)23(33-26(27)32)16-18-13-14-21(22(15-18)30-2)31-25(29)20-11-7-4-8-12-20/h3-17H,1-2H3/b23-16+/t17-/m0/s1. The lowest BCUT2D eigenvalue weighted by Crippen LogP contribution is -2.30. The molecule has 3 aromatic rings. The van der Waals surface area contributed by atoms with E-state index in [-0.39, 0.29) is 11.9 Å². The van der Waals surface area contributed by atoms with E-state index in [0.717, 1.165) is 11.1 Å². The first-order valence-electron chi connectivity index (χ1n) is 10.2. The van der Waals surface area contributed by atoms with E-state index in [0.29, 0.717) is 26.3 Å². The van der Waals surface area contributed by atoms with Crippen LogP contribution in [0.5, 0.6) is 11.5 Å². The fraction of sp³-hybridized carbons (Fsp3) is 0.115. The molecule has 3 aromatic carbocycles. The smallest absolute Gasteiger partial charge is 0.343 e. The van der Waals surface area contributed by atoms with Crippen molar-refractivity contribution in [3.05, 3.63) is 100 Å². The van der Waals surface area contributed by atoms with Crippen LogP contribution in [-0.2, 0) is 4.79 Å². The molecule has 7 heteroatoms. The quantitative estimate of drug-likeness (QED) is 0.192. The summed E-state index contributed by atoms with van der Waals surface area (Å²) in [6.07, 6.45) is 1.77. The molecule has 1 aliphatic heterocycles. The second-order valence-electron chi connectivity index (χ2n) is 7.30. The summed E-state index contributed by atoms with van der Waals surface area (Å²) in [4.78, 5) is 27.7. The van der Waals surface area contributed by atoms with E-state index < -0.39 is 5.97 Å². The number of amides is 1. The first kappa shape index (κ1) is 22.8. The average Bonchev–Trinajstić information content (AvgIpc) is 3.13. The summed E-state index contributed by atoms with van der Waals surface area (Å²) >= 11 is 6.76. The van der Waals surface area contributed by atoms with Crippen LogP contribution in [0.1, 0.15) is 34.5 Å². The Balaban J connectivity index is 1.54. The molecule has 166 valence electrons. The van der Waals surface area contributed by atoms with E-state index in [4.69, 9.17) is 21.7 Å². The van der Waals surface area contributed by atoms with Crippen LogP contribution in [0.3, 0.4) is 0 Å². The van der Waals surface area contributed by atoms with Gasteiger partial charge < -0.3 is 9.47 Å². The number of benzene rings is 3. The van der Waals surface area contributed by atoms with Crippen molar-refractivity contribution >= 4 is 46.3 Å². The maximum Gasteiger partial charge on any atom is 0.343 e. The van der Waals surface area contributed by atoms with Crippen LogP contribution in [-0.4, -0.2) is 28.2 Å². The number of carbonyl (C=O) groups excluding carboxylic acids is 2. The Morgan fingerprint density at radius 1 is 1.00 bits per heavy atom. The SMILES string of the molecule is COc1cc(/C=C2/SC(=S)N([C@@H](C)c3ccccc3)C2=O)ccc1OC(=O)c1ccccc1. The summed E-state index contributed by atoms with van der Waals surface area (Å²) < 4.78 is 11.4. The summed E-state index contributed by atoms with van der Waals surface area (Å²) in [6, 6.07) is 23.5. The Bertz CT molecular complexity index is 1230. The van der Waals surface area contributed by atoms with Crippen LogP contribution in [0.4, 0.5) is 0 Å². The molecule has 0 aliphatic carbocycles. The molecule has 1 heterocycles. The molecule has 33 heavy (non-hydrogen) atoms. The molecule has 1 saturated heterocycles. The largest absolute Gasteiger partial charge is 0.493 e. The molecule has 1 fully saturated rings. The fourth-order valence-electron chi connectivity index (χ4n) is 3.44. The predicted octanol–water partition coefficient (Wildman–Crippen LogP) is 5.88. The molecule has 0 bridgehead atoms. The number of hydrogen-bond acceptors (Lipinski definition) is 6. The van der Waals surface area contributed by atoms with E-state index in [2.05, 4.69) is 0 Å². The van der Waals surface area contributed by atoms with Gasteiger partial charge in [-0.25, -0.2) is 4.79 Å². The number of nitrogens with zero attached hydrogens (tertiary/aromatic N) is 1. The summed E-state index contributed by atoms with van der Waals surface area (Å²) in [6.45, 7) is 1.96. The van der Waals surface area contributed by atoms with Gasteiger partial charge in [-0.15, -0.1) is 0 Å². The molecule has 0 N–H and O–H groups in total. The minimum Gasteiger partial charge on any atom is -0.493 e. The zero-order valence-electron chi connectivity index (χ0n) is 18.1. The molecule has 0 unspecified atom stereocenters. The summed E-state index contributed by atoms with van der Waals surface area (Å²) in [7, 11) is 1.50.